The number of nitrogens with zero attached hydrogens (tertiary/aromatic N) is 10. The van der Waals surface area contributed by atoms with Gasteiger partial charge in [0.25, 0.3) is 0 Å². The molecule has 0 bridgehead atoms. The number of hydrogen-bond acceptors (Lipinski definition) is 27. The number of rotatable bonds is 64. The lowest BCUT2D eigenvalue weighted by Crippen LogP contribution is -2.17. The van der Waals surface area contributed by atoms with Gasteiger partial charge in [-0.1, -0.05) is 10.4 Å². The largest absolute Gasteiger partial charge is 0.377 e. The van der Waals surface area contributed by atoms with Gasteiger partial charge in [-0.2, -0.15) is 0 Å². The SMILES string of the molecule is CN1CCCC1c1cncc(-c2cn(CCOCCOCCOCCOCCOCCOCCOCCOCCOCCOCCOCCOCCOCCOCCOCCOCCOCCOCCOCCn3cc(-c4cncc(C5CCCN5C)c4)nn3)nn2)c1. The second-order valence-corrected chi connectivity index (χ2v) is 21.7. The Morgan fingerprint density at radius 3 is 0.720 bits per heavy atom. The molecule has 0 aliphatic carbocycles. The van der Waals surface area contributed by atoms with Crippen molar-refractivity contribution in [2.24, 2.45) is 0 Å². The number of ether oxygens (including phenoxy) is 19. The molecule has 0 saturated carbocycles. The van der Waals surface area contributed by atoms with Crippen LogP contribution in [0.4, 0.5) is 0 Å². The van der Waals surface area contributed by atoms with Gasteiger partial charge in [0.05, 0.1) is 277 Å². The Bertz CT molecular complexity index is 2210. The first-order valence-corrected chi connectivity index (χ1v) is 33.2. The topological polar surface area (TPSA) is 269 Å². The Balaban J connectivity index is 0.537. The van der Waals surface area contributed by atoms with E-state index in [4.69, 9.17) is 90.0 Å². The third-order valence-corrected chi connectivity index (χ3v) is 14.6. The fourth-order valence-electron chi connectivity index (χ4n) is 9.68. The van der Waals surface area contributed by atoms with Crippen LogP contribution in [0.2, 0.25) is 0 Å². The van der Waals surface area contributed by atoms with Gasteiger partial charge in [0, 0.05) is 48.0 Å². The van der Waals surface area contributed by atoms with Gasteiger partial charge in [0.1, 0.15) is 11.4 Å². The van der Waals surface area contributed by atoms with Gasteiger partial charge in [-0.3, -0.25) is 19.8 Å². The molecule has 2 atom stereocenters. The van der Waals surface area contributed by atoms with Gasteiger partial charge in [-0.05, 0) is 76.1 Å². The third kappa shape index (κ3) is 37.2. The van der Waals surface area contributed by atoms with Crippen molar-refractivity contribution in [3.05, 3.63) is 60.4 Å². The average molecular weight is 1320 g/mol. The van der Waals surface area contributed by atoms with Crippen molar-refractivity contribution >= 4 is 0 Å². The van der Waals surface area contributed by atoms with Crippen LogP contribution >= 0.6 is 0 Å². The van der Waals surface area contributed by atoms with Crippen molar-refractivity contribution in [1.29, 1.82) is 0 Å². The van der Waals surface area contributed by atoms with E-state index in [2.05, 4.69) is 66.6 Å². The van der Waals surface area contributed by atoms with Gasteiger partial charge in [-0.25, -0.2) is 9.36 Å². The summed E-state index contributed by atoms with van der Waals surface area (Å²) < 4.78 is 109. The van der Waals surface area contributed by atoms with Crippen molar-refractivity contribution in [3.8, 4) is 22.5 Å². The molecule has 4 aromatic rings. The molecular formula is C64H108N10O19. The summed E-state index contributed by atoms with van der Waals surface area (Å²) in [6, 6.07) is 5.18. The maximum absolute atomic E-state index is 5.71. The Kier molecular flexibility index (Phi) is 45.0. The van der Waals surface area contributed by atoms with E-state index in [0.29, 0.717) is 276 Å². The maximum atomic E-state index is 5.71. The van der Waals surface area contributed by atoms with E-state index in [1.165, 1.54) is 24.0 Å². The lowest BCUT2D eigenvalue weighted by molar-refractivity contribution is -0.0312. The predicted octanol–water partition coefficient (Wildman–Crippen LogP) is 3.54. The van der Waals surface area contributed by atoms with Crippen LogP contribution in [-0.2, 0) is 103 Å². The maximum Gasteiger partial charge on any atom is 0.114 e. The standard InChI is InChI=1S/C64H108N10O19/c1-71-7-3-5-63(71)59-49-57(51-65-53-59)61-55-73(69-67-61)9-11-75-13-15-77-17-19-79-21-23-81-25-27-83-29-31-85-33-35-87-37-39-89-41-43-91-45-47-93-48-46-92-44-42-90-40-38-88-36-34-86-32-30-84-28-26-82-24-22-80-20-18-78-16-14-76-12-10-74-56-62(68-70-74)58-50-60(54-66-52-58)64-6-4-8-72(64)2/h49-56,63-64H,3-48H2,1-2H3. The summed E-state index contributed by atoms with van der Waals surface area (Å²) in [6.07, 6.45) is 16.2. The van der Waals surface area contributed by atoms with Crippen LogP contribution in [0.5, 0.6) is 0 Å². The van der Waals surface area contributed by atoms with E-state index in [9.17, 15) is 0 Å². The average Bonchev–Trinajstić information content (AvgIpc) is 2.25. The zero-order valence-electron chi connectivity index (χ0n) is 55.5. The lowest BCUT2D eigenvalue weighted by atomic mass is 10.0. The van der Waals surface area contributed by atoms with Crippen LogP contribution in [0.25, 0.3) is 22.5 Å². The molecule has 0 aromatic carbocycles. The first kappa shape index (κ1) is 77.7. The summed E-state index contributed by atoms with van der Waals surface area (Å²) in [7, 11) is 4.33. The molecule has 93 heavy (non-hydrogen) atoms. The lowest BCUT2D eigenvalue weighted by Gasteiger charge is -2.19. The van der Waals surface area contributed by atoms with Crippen LogP contribution in [0.1, 0.15) is 48.9 Å². The highest BCUT2D eigenvalue weighted by Crippen LogP contribution is 2.33. The van der Waals surface area contributed by atoms with Crippen LogP contribution in [-0.4, -0.2) is 328 Å². The second kappa shape index (κ2) is 53.8. The summed E-state index contributed by atoms with van der Waals surface area (Å²) in [6.45, 7) is 22.0. The highest BCUT2D eigenvalue weighted by Gasteiger charge is 2.25. The quantitative estimate of drug-likeness (QED) is 0.0572. The summed E-state index contributed by atoms with van der Waals surface area (Å²) in [4.78, 5) is 13.7. The van der Waals surface area contributed by atoms with Crippen LogP contribution in [0.3, 0.4) is 0 Å². The molecular weight excluding hydrogens is 1210 g/mol. The molecule has 2 fully saturated rings. The molecule has 528 valence electrons. The smallest absolute Gasteiger partial charge is 0.114 e. The van der Waals surface area contributed by atoms with Crippen LogP contribution < -0.4 is 0 Å². The molecule has 29 nitrogen and oxygen atoms in total. The number of likely N-dealkylation sites (tertiary alicyclic amines) is 2. The molecule has 2 aliphatic rings. The Morgan fingerprint density at radius 1 is 0.301 bits per heavy atom. The van der Waals surface area contributed by atoms with E-state index in [0.717, 1.165) is 48.4 Å². The fraction of sp³-hybridized carbons (Fsp3) is 0.781. The van der Waals surface area contributed by atoms with Gasteiger partial charge in [-0.15, -0.1) is 10.2 Å². The summed E-state index contributed by atoms with van der Waals surface area (Å²) >= 11 is 0. The van der Waals surface area contributed by atoms with Crippen molar-refractivity contribution in [1.82, 2.24) is 49.8 Å². The minimum absolute atomic E-state index is 0.416. The number of hydrogen-bond donors (Lipinski definition) is 0. The summed E-state index contributed by atoms with van der Waals surface area (Å²) in [5.74, 6) is 0. The summed E-state index contributed by atoms with van der Waals surface area (Å²) in [5, 5.41) is 17.2. The molecule has 0 radical (unpaired) electrons. The Morgan fingerprint density at radius 2 is 0.516 bits per heavy atom. The predicted molar refractivity (Wildman–Crippen MR) is 341 cm³/mol. The molecule has 2 saturated heterocycles. The van der Waals surface area contributed by atoms with Crippen LogP contribution in [0, 0.1) is 0 Å². The van der Waals surface area contributed by atoms with E-state index < -0.39 is 0 Å². The zero-order chi connectivity index (χ0) is 64.8. The summed E-state index contributed by atoms with van der Waals surface area (Å²) in [5.41, 5.74) is 6.04. The van der Waals surface area contributed by atoms with E-state index in [-0.39, 0.29) is 0 Å². The van der Waals surface area contributed by atoms with Crippen LogP contribution in [0.15, 0.2) is 49.3 Å². The molecule has 6 rings (SSSR count). The molecule has 2 unspecified atom stereocenters. The molecule has 0 N–H and O–H groups in total. The molecule has 29 heteroatoms. The highest BCUT2D eigenvalue weighted by molar-refractivity contribution is 5.58. The molecule has 0 amide bonds. The Labute approximate surface area is 550 Å². The first-order valence-electron chi connectivity index (χ1n) is 33.2. The monoisotopic (exact) mass is 1320 g/mol. The van der Waals surface area contributed by atoms with E-state index in [1.54, 1.807) is 9.36 Å². The number of aromatic nitrogens is 8. The fourth-order valence-corrected chi connectivity index (χ4v) is 9.68. The molecule has 2 aliphatic heterocycles. The van der Waals surface area contributed by atoms with Gasteiger partial charge >= 0.3 is 0 Å². The zero-order valence-corrected chi connectivity index (χ0v) is 55.5. The van der Waals surface area contributed by atoms with Gasteiger partial charge in [0.15, 0.2) is 0 Å². The molecule has 0 spiro atoms. The minimum Gasteiger partial charge on any atom is -0.377 e. The molecule has 6 heterocycles. The van der Waals surface area contributed by atoms with Crippen molar-refractivity contribution in [2.75, 3.05) is 278 Å². The normalized spacial score (nSPS) is 15.5. The molecule has 4 aromatic heterocycles. The van der Waals surface area contributed by atoms with Crippen molar-refractivity contribution in [2.45, 2.75) is 50.9 Å². The minimum atomic E-state index is 0.416. The van der Waals surface area contributed by atoms with Gasteiger partial charge < -0.3 is 90.0 Å². The van der Waals surface area contributed by atoms with Gasteiger partial charge in [0.2, 0.25) is 0 Å². The second-order valence-electron chi connectivity index (χ2n) is 21.7. The first-order chi connectivity index (χ1) is 46.1. The number of pyridine rings is 2. The van der Waals surface area contributed by atoms with E-state index >= 15 is 0 Å². The third-order valence-electron chi connectivity index (χ3n) is 14.6. The van der Waals surface area contributed by atoms with Crippen molar-refractivity contribution in [3.63, 3.8) is 0 Å². The van der Waals surface area contributed by atoms with E-state index in [1.807, 2.05) is 37.2 Å². The highest BCUT2D eigenvalue weighted by atomic mass is 16.6. The van der Waals surface area contributed by atoms with Crippen molar-refractivity contribution < 1.29 is 90.0 Å². The Hall–Kier alpha value is -4.26.